The molecule has 3 aliphatic heterocycles. The average Bonchev–Trinajstić information content (AvgIpc) is 0.781. The lowest BCUT2D eigenvalue weighted by Crippen LogP contribution is -2.66. The smallest absolute Gasteiger partial charge is 0.220 e. The van der Waals surface area contributed by atoms with Gasteiger partial charge in [0.25, 0.3) is 0 Å². The Balaban J connectivity index is 1.37. The molecule has 0 aromatic carbocycles. The highest BCUT2D eigenvalue weighted by atomic mass is 16.8. The maximum absolute atomic E-state index is 13.5. The van der Waals surface area contributed by atoms with Gasteiger partial charge in [0.15, 0.2) is 18.9 Å². The van der Waals surface area contributed by atoms with Gasteiger partial charge in [0.2, 0.25) is 5.91 Å². The number of nitrogens with one attached hydrogen (secondary N) is 1. The van der Waals surface area contributed by atoms with Crippen LogP contribution >= 0.6 is 0 Å². The van der Waals surface area contributed by atoms with Crippen LogP contribution in [0, 0.1) is 0 Å². The summed E-state index contributed by atoms with van der Waals surface area (Å²) in [5, 5.41) is 121. The predicted molar refractivity (Wildman–Crippen MR) is 406 cm³/mol. The Hall–Kier alpha value is -2.77. The lowest BCUT2D eigenvalue weighted by Gasteiger charge is -2.48. The minimum atomic E-state index is -1.98. The van der Waals surface area contributed by atoms with E-state index in [9.17, 15) is 61.0 Å². The summed E-state index contributed by atoms with van der Waals surface area (Å²) in [4.78, 5) is 13.5. The Morgan fingerprint density at radius 3 is 1.06 bits per heavy atom. The zero-order valence-corrected chi connectivity index (χ0v) is 63.6. The number of unbranched alkanes of at least 4 members (excludes halogenated alkanes) is 39. The van der Waals surface area contributed by atoms with E-state index in [1.165, 1.54) is 212 Å². The fourth-order valence-electron chi connectivity index (χ4n) is 13.7. The Morgan fingerprint density at radius 1 is 0.363 bits per heavy atom. The zero-order chi connectivity index (χ0) is 73.9. The molecule has 12 N–H and O–H groups in total. The van der Waals surface area contributed by atoms with Crippen molar-refractivity contribution in [2.75, 3.05) is 26.4 Å². The van der Waals surface area contributed by atoms with Gasteiger partial charge in [-0.05, 0) is 64.2 Å². The van der Waals surface area contributed by atoms with Gasteiger partial charge in [-0.15, -0.1) is 0 Å². The van der Waals surface area contributed by atoms with Crippen molar-refractivity contribution >= 4 is 5.91 Å². The lowest BCUT2D eigenvalue weighted by atomic mass is 9.96. The van der Waals surface area contributed by atoms with Gasteiger partial charge in [0.1, 0.15) is 73.2 Å². The van der Waals surface area contributed by atoms with Crippen molar-refractivity contribution in [1.29, 1.82) is 0 Å². The van der Waals surface area contributed by atoms with Gasteiger partial charge in [-0.25, -0.2) is 0 Å². The van der Waals surface area contributed by atoms with Crippen LogP contribution in [-0.2, 0) is 33.2 Å². The molecule has 19 heteroatoms. The van der Waals surface area contributed by atoms with E-state index >= 15 is 0 Å². The number of ether oxygens (including phenoxy) is 6. The number of aliphatic hydroxyl groups is 11. The third-order valence-electron chi connectivity index (χ3n) is 20.3. The number of allylic oxidation sites excluding steroid dienone is 11. The van der Waals surface area contributed by atoms with E-state index in [1.54, 1.807) is 6.08 Å². The zero-order valence-electron chi connectivity index (χ0n) is 63.6. The van der Waals surface area contributed by atoms with Crippen molar-refractivity contribution < 1.29 is 89.4 Å². The third-order valence-corrected chi connectivity index (χ3v) is 20.3. The fourth-order valence-corrected chi connectivity index (χ4v) is 13.7. The van der Waals surface area contributed by atoms with Gasteiger partial charge in [-0.3, -0.25) is 4.79 Å². The molecule has 0 saturated carbocycles. The molecule has 3 aliphatic rings. The molecule has 3 heterocycles. The van der Waals surface area contributed by atoms with Crippen LogP contribution in [0.5, 0.6) is 0 Å². The second kappa shape index (κ2) is 63.2. The second-order valence-corrected chi connectivity index (χ2v) is 29.2. The van der Waals surface area contributed by atoms with E-state index in [4.69, 9.17) is 28.4 Å². The van der Waals surface area contributed by atoms with Gasteiger partial charge < -0.3 is 89.9 Å². The van der Waals surface area contributed by atoms with Crippen molar-refractivity contribution in [3.63, 3.8) is 0 Å². The van der Waals surface area contributed by atoms with Crippen LogP contribution in [0.3, 0.4) is 0 Å². The third kappa shape index (κ3) is 42.7. The van der Waals surface area contributed by atoms with Gasteiger partial charge in [-0.1, -0.05) is 318 Å². The van der Waals surface area contributed by atoms with E-state index in [0.29, 0.717) is 6.42 Å². The first-order valence-corrected chi connectivity index (χ1v) is 41.2. The van der Waals surface area contributed by atoms with Crippen molar-refractivity contribution in [2.45, 2.75) is 420 Å². The summed E-state index contributed by atoms with van der Waals surface area (Å²) in [6, 6.07) is -0.978. The lowest BCUT2D eigenvalue weighted by molar-refractivity contribution is -0.379. The molecule has 17 atom stereocenters. The molecule has 0 aromatic heterocycles. The van der Waals surface area contributed by atoms with Gasteiger partial charge in [-0.2, -0.15) is 0 Å². The highest BCUT2D eigenvalue weighted by Crippen LogP contribution is 2.33. The summed E-state index contributed by atoms with van der Waals surface area (Å²) < 4.78 is 34.5. The Labute approximate surface area is 617 Å². The van der Waals surface area contributed by atoms with Gasteiger partial charge in [0.05, 0.1) is 38.6 Å². The van der Waals surface area contributed by atoms with Crippen LogP contribution in [-0.4, -0.2) is 193 Å². The summed E-state index contributed by atoms with van der Waals surface area (Å²) in [5.41, 5.74) is 0. The van der Waals surface area contributed by atoms with Gasteiger partial charge in [0, 0.05) is 6.42 Å². The van der Waals surface area contributed by atoms with Crippen molar-refractivity contribution in [3.05, 3.63) is 72.9 Å². The van der Waals surface area contributed by atoms with Crippen LogP contribution in [0.15, 0.2) is 72.9 Å². The largest absolute Gasteiger partial charge is 0.394 e. The number of hydrogen-bond donors (Lipinski definition) is 12. The summed E-state index contributed by atoms with van der Waals surface area (Å²) in [7, 11) is 0. The normalized spacial score (nSPS) is 26.5. The van der Waals surface area contributed by atoms with Crippen molar-refractivity contribution in [3.8, 4) is 0 Å². The predicted octanol–water partition coefficient (Wildman–Crippen LogP) is 14.0. The average molecular weight is 1450 g/mol. The molecule has 594 valence electrons. The molecule has 3 rings (SSSR count). The maximum atomic E-state index is 13.5. The molecule has 102 heavy (non-hydrogen) atoms. The molecule has 0 spiro atoms. The molecule has 0 aromatic rings. The Bertz CT molecular complexity index is 2120. The fraction of sp³-hybridized carbons (Fsp3) is 0.843. The molecule has 3 saturated heterocycles. The maximum Gasteiger partial charge on any atom is 0.220 e. The van der Waals surface area contributed by atoms with Crippen LogP contribution in [0.4, 0.5) is 0 Å². The highest BCUT2D eigenvalue weighted by Gasteiger charge is 2.54. The van der Waals surface area contributed by atoms with Crippen molar-refractivity contribution in [2.24, 2.45) is 0 Å². The van der Waals surface area contributed by atoms with Crippen molar-refractivity contribution in [1.82, 2.24) is 5.32 Å². The minimum absolute atomic E-state index is 0.241. The first kappa shape index (κ1) is 93.4. The van der Waals surface area contributed by atoms with Gasteiger partial charge >= 0.3 is 0 Å². The molecule has 0 aliphatic carbocycles. The molecule has 17 unspecified atom stereocenters. The summed E-state index contributed by atoms with van der Waals surface area (Å²) in [6.07, 6.45) is 56.0. The van der Waals surface area contributed by atoms with Crippen LogP contribution in [0.25, 0.3) is 0 Å². The first-order chi connectivity index (χ1) is 49.8. The monoisotopic (exact) mass is 1450 g/mol. The number of aliphatic hydroxyl groups excluding tert-OH is 11. The number of hydrogen-bond acceptors (Lipinski definition) is 18. The summed E-state index contributed by atoms with van der Waals surface area (Å²) in [6.45, 7) is 1.66. The molecule has 3 fully saturated rings. The van der Waals surface area contributed by atoms with E-state index in [1.807, 2.05) is 6.08 Å². The minimum Gasteiger partial charge on any atom is -0.394 e. The quantitative estimate of drug-likeness (QED) is 0.0199. The summed E-state index contributed by atoms with van der Waals surface area (Å²) >= 11 is 0. The number of carbonyl (C=O) groups excluding carboxylic acids is 1. The standard InChI is InChI=1S/C83H149NO18/c1-3-5-7-9-11-13-15-17-19-21-23-25-27-29-31-32-33-34-35-37-39-41-43-45-47-49-51-53-55-57-59-61-71(89)84-66(67(88)60-58-56-54-52-50-48-46-44-42-40-38-36-30-28-26-24-22-20-18-16-14-12-10-8-6-4-2)65-97-81-77(95)74(92)79(69(63-86)99-81)102-83-78(96)75(93)80(70(64-87)100-83)101-82-76(94)73(91)72(90)68(62-85)98-82/h5,7,11,13,17,19,23,25,29,31,58,60,66-70,72-83,85-88,90-96H,3-4,6,8-10,12,14-16,18,20-22,24,26-28,30,32-57,59,61-65H2,1-2H3,(H,84,89)/b7-5-,13-11-,19-17-,25-23-,31-29-,60-58+. The molecular weight excluding hydrogens is 1300 g/mol. The topological polar surface area (TPSA) is 307 Å². The van der Waals surface area contributed by atoms with E-state index in [0.717, 1.165) is 77.0 Å². The number of rotatable bonds is 65. The molecular formula is C83H149NO18. The van der Waals surface area contributed by atoms with Crippen LogP contribution in [0.1, 0.15) is 316 Å². The molecule has 19 nitrogen and oxygen atoms in total. The van der Waals surface area contributed by atoms with Crippen LogP contribution in [0.2, 0.25) is 0 Å². The summed E-state index contributed by atoms with van der Waals surface area (Å²) in [5.74, 6) is -0.274. The number of carbonyl (C=O) groups is 1. The number of amides is 1. The van der Waals surface area contributed by atoms with E-state index in [2.05, 4.69) is 79.9 Å². The molecule has 0 bridgehead atoms. The Morgan fingerprint density at radius 2 is 0.676 bits per heavy atom. The van der Waals surface area contributed by atoms with E-state index in [-0.39, 0.29) is 18.9 Å². The highest BCUT2D eigenvalue weighted by molar-refractivity contribution is 5.76. The van der Waals surface area contributed by atoms with Crippen LogP contribution < -0.4 is 5.32 Å². The second-order valence-electron chi connectivity index (χ2n) is 29.2. The molecule has 0 radical (unpaired) electrons. The first-order valence-electron chi connectivity index (χ1n) is 41.2. The SMILES string of the molecule is CC/C=C\C/C=C\C/C=C\C/C=C\C/C=C\CCCCCCCCCCCCCCCCCC(=O)NC(COC1OC(CO)C(OC2OC(CO)C(OC3OC(CO)C(O)C(O)C3O)C(O)C2O)C(O)C1O)C(O)/C=C/CCCCCCCCCCCCCCCCCCCCCCCCCC. The van der Waals surface area contributed by atoms with E-state index < -0.39 is 124 Å². The molecule has 1 amide bonds. The Kier molecular flexibility index (Phi) is 57.9.